The molecule has 0 aromatic heterocycles. The summed E-state index contributed by atoms with van der Waals surface area (Å²) in [7, 11) is 0. The van der Waals surface area contributed by atoms with Crippen LogP contribution in [0.4, 0.5) is 0 Å². The number of ether oxygens (including phenoxy) is 2. The second-order valence-electron chi connectivity index (χ2n) is 8.71. The topological polar surface area (TPSA) is 35.5 Å². The number of carbonyl (C=O) groups excluding carboxylic acids is 1. The summed E-state index contributed by atoms with van der Waals surface area (Å²) in [5, 5.41) is 0. The predicted octanol–water partition coefficient (Wildman–Crippen LogP) is 7.73. The molecule has 28 heavy (non-hydrogen) atoms. The van der Waals surface area contributed by atoms with E-state index in [1.807, 2.05) is 0 Å². The zero-order chi connectivity index (χ0) is 20.5. The molecule has 0 saturated heterocycles. The molecular formula is C25H46O3. The van der Waals surface area contributed by atoms with Gasteiger partial charge in [0.05, 0.1) is 6.61 Å². The Morgan fingerprint density at radius 1 is 0.857 bits per heavy atom. The first-order valence-corrected chi connectivity index (χ1v) is 12.1. The molecule has 164 valence electrons. The second kappa shape index (κ2) is 17.1. The van der Waals surface area contributed by atoms with Crippen LogP contribution in [0, 0.1) is 5.92 Å². The van der Waals surface area contributed by atoms with Crippen LogP contribution >= 0.6 is 0 Å². The minimum Gasteiger partial charge on any atom is -0.432 e. The molecule has 0 N–H and O–H groups in total. The normalized spacial score (nSPS) is 16.1. The van der Waals surface area contributed by atoms with Crippen molar-refractivity contribution in [2.75, 3.05) is 6.61 Å². The summed E-state index contributed by atoms with van der Waals surface area (Å²) in [4.78, 5) is 11.9. The third kappa shape index (κ3) is 12.6. The molecule has 3 nitrogen and oxygen atoms in total. The molecule has 1 aliphatic carbocycles. The zero-order valence-corrected chi connectivity index (χ0v) is 18.8. The fourth-order valence-corrected chi connectivity index (χ4v) is 4.02. The number of esters is 1. The zero-order valence-electron chi connectivity index (χ0n) is 18.8. The van der Waals surface area contributed by atoms with E-state index in [-0.39, 0.29) is 12.3 Å². The Morgan fingerprint density at radius 3 is 1.86 bits per heavy atom. The minimum absolute atomic E-state index is 0.315. The van der Waals surface area contributed by atoms with E-state index in [0.29, 0.717) is 18.1 Å². The van der Waals surface area contributed by atoms with Crippen LogP contribution in [-0.2, 0) is 14.3 Å². The summed E-state index contributed by atoms with van der Waals surface area (Å²) < 4.78 is 11.6. The minimum atomic E-state index is -0.378. The molecular weight excluding hydrogens is 348 g/mol. The van der Waals surface area contributed by atoms with Gasteiger partial charge in [0.15, 0.2) is 0 Å². The Morgan fingerprint density at radius 2 is 1.36 bits per heavy atom. The number of carbonyl (C=O) groups is 1. The van der Waals surface area contributed by atoms with Crippen LogP contribution in [0.25, 0.3) is 0 Å². The molecule has 0 aromatic rings. The largest absolute Gasteiger partial charge is 0.432 e. The van der Waals surface area contributed by atoms with Gasteiger partial charge < -0.3 is 9.47 Å². The van der Waals surface area contributed by atoms with Crippen molar-refractivity contribution < 1.29 is 14.3 Å². The molecule has 1 unspecified atom stereocenters. The molecule has 1 saturated carbocycles. The summed E-state index contributed by atoms with van der Waals surface area (Å²) in [5.74, 6) is 0.0413. The Kier molecular flexibility index (Phi) is 15.4. The van der Waals surface area contributed by atoms with Gasteiger partial charge in [-0.3, -0.25) is 0 Å². The summed E-state index contributed by atoms with van der Waals surface area (Å²) in [6.45, 7) is 8.36. The lowest BCUT2D eigenvalue weighted by Crippen LogP contribution is -2.31. The van der Waals surface area contributed by atoms with Crippen molar-refractivity contribution >= 4 is 5.97 Å². The molecule has 1 rings (SSSR count). The first-order valence-electron chi connectivity index (χ1n) is 12.1. The average molecular weight is 395 g/mol. The summed E-state index contributed by atoms with van der Waals surface area (Å²) in [6, 6.07) is 0. The van der Waals surface area contributed by atoms with E-state index in [2.05, 4.69) is 13.5 Å². The van der Waals surface area contributed by atoms with E-state index in [0.717, 1.165) is 19.3 Å². The van der Waals surface area contributed by atoms with Crippen LogP contribution in [0.2, 0.25) is 0 Å². The highest BCUT2D eigenvalue weighted by molar-refractivity contribution is 5.87. The molecule has 0 aromatic carbocycles. The van der Waals surface area contributed by atoms with Gasteiger partial charge in [-0.1, -0.05) is 103 Å². The average Bonchev–Trinajstić information content (AvgIpc) is 2.71. The van der Waals surface area contributed by atoms with Gasteiger partial charge in [-0.2, -0.15) is 0 Å². The van der Waals surface area contributed by atoms with Gasteiger partial charge in [-0.05, 0) is 26.2 Å². The van der Waals surface area contributed by atoms with Crippen molar-refractivity contribution in [1.29, 1.82) is 0 Å². The number of hydrogen-bond donors (Lipinski definition) is 0. The number of unbranched alkanes of at least 4 members (excludes halogenated alkanes) is 11. The summed E-state index contributed by atoms with van der Waals surface area (Å²) in [6.07, 6.45) is 21.6. The van der Waals surface area contributed by atoms with Crippen molar-refractivity contribution in [3.63, 3.8) is 0 Å². The highest BCUT2D eigenvalue weighted by atomic mass is 16.7. The van der Waals surface area contributed by atoms with Gasteiger partial charge in [-0.25, -0.2) is 4.79 Å². The lowest BCUT2D eigenvalue weighted by molar-refractivity contribution is -0.190. The maximum Gasteiger partial charge on any atom is 0.335 e. The quantitative estimate of drug-likeness (QED) is 0.110. The van der Waals surface area contributed by atoms with Crippen LogP contribution in [0.15, 0.2) is 12.2 Å². The van der Waals surface area contributed by atoms with Gasteiger partial charge in [0.1, 0.15) is 0 Å². The van der Waals surface area contributed by atoms with Gasteiger partial charge in [0.2, 0.25) is 6.29 Å². The van der Waals surface area contributed by atoms with Crippen molar-refractivity contribution in [2.45, 2.75) is 129 Å². The van der Waals surface area contributed by atoms with Crippen LogP contribution in [0.1, 0.15) is 123 Å². The van der Waals surface area contributed by atoms with E-state index >= 15 is 0 Å². The molecule has 0 spiro atoms. The highest BCUT2D eigenvalue weighted by Crippen LogP contribution is 2.29. The van der Waals surface area contributed by atoms with E-state index in [9.17, 15) is 4.79 Å². The molecule has 0 aliphatic heterocycles. The molecule has 0 amide bonds. The molecule has 0 radical (unpaired) electrons. The third-order valence-corrected chi connectivity index (χ3v) is 5.89. The molecule has 1 fully saturated rings. The predicted molar refractivity (Wildman–Crippen MR) is 118 cm³/mol. The maximum absolute atomic E-state index is 11.9. The van der Waals surface area contributed by atoms with E-state index < -0.39 is 0 Å². The monoisotopic (exact) mass is 394 g/mol. The molecule has 3 heteroatoms. The van der Waals surface area contributed by atoms with Crippen molar-refractivity contribution in [1.82, 2.24) is 0 Å². The fourth-order valence-electron chi connectivity index (χ4n) is 4.02. The van der Waals surface area contributed by atoms with Crippen molar-refractivity contribution in [2.24, 2.45) is 5.92 Å². The van der Waals surface area contributed by atoms with Crippen LogP contribution < -0.4 is 0 Å². The molecule has 1 atom stereocenters. The second-order valence-corrected chi connectivity index (χ2v) is 8.71. The Balaban J connectivity index is 2.05. The standard InChI is InChI=1S/C25H46O3/c1-4-5-6-7-8-9-10-11-12-13-14-18-21-27-25(28-24(26)22(2)3)23-19-16-15-17-20-23/h23,25H,2,4-21H2,1,3H3. The molecule has 0 heterocycles. The lowest BCUT2D eigenvalue weighted by Gasteiger charge is -2.29. The Bertz CT molecular complexity index is 399. The number of hydrogen-bond acceptors (Lipinski definition) is 3. The summed E-state index contributed by atoms with van der Waals surface area (Å²) in [5.41, 5.74) is 0.453. The van der Waals surface area contributed by atoms with Gasteiger partial charge in [0, 0.05) is 11.5 Å². The lowest BCUT2D eigenvalue weighted by atomic mass is 9.89. The highest BCUT2D eigenvalue weighted by Gasteiger charge is 2.27. The third-order valence-electron chi connectivity index (χ3n) is 5.89. The van der Waals surface area contributed by atoms with Gasteiger partial charge in [-0.15, -0.1) is 0 Å². The first kappa shape index (κ1) is 25.2. The SMILES string of the molecule is C=C(C)C(=O)OC(OCCCCCCCCCCCCCC)C1CCCCC1. The van der Waals surface area contributed by atoms with E-state index in [4.69, 9.17) is 9.47 Å². The Labute approximate surface area is 174 Å². The molecule has 0 bridgehead atoms. The fraction of sp³-hybridized carbons (Fsp3) is 0.880. The van der Waals surface area contributed by atoms with Crippen LogP contribution in [-0.4, -0.2) is 18.9 Å². The number of rotatable bonds is 17. The van der Waals surface area contributed by atoms with E-state index in [1.165, 1.54) is 89.9 Å². The van der Waals surface area contributed by atoms with E-state index in [1.54, 1.807) is 6.92 Å². The summed E-state index contributed by atoms with van der Waals surface area (Å²) >= 11 is 0. The maximum atomic E-state index is 11.9. The Hall–Kier alpha value is -0.830. The van der Waals surface area contributed by atoms with Gasteiger partial charge >= 0.3 is 5.97 Å². The van der Waals surface area contributed by atoms with Crippen molar-refractivity contribution in [3.05, 3.63) is 12.2 Å². The van der Waals surface area contributed by atoms with Crippen LogP contribution in [0.3, 0.4) is 0 Å². The smallest absolute Gasteiger partial charge is 0.335 e. The van der Waals surface area contributed by atoms with Crippen molar-refractivity contribution in [3.8, 4) is 0 Å². The van der Waals surface area contributed by atoms with Gasteiger partial charge in [0.25, 0.3) is 0 Å². The molecule has 1 aliphatic rings. The first-order chi connectivity index (χ1) is 13.6. The van der Waals surface area contributed by atoms with Crippen LogP contribution in [0.5, 0.6) is 0 Å².